The standard InChI is InChI=1S/C33H31N3O2/c1-23-28(25-8-3-2-4-9-25)10-7-11-29(23)27-17-19-36-31(21-34-32(36)20-27)26-15-13-24(14-16-26)22-35-18-6-5-12-30(35)33(37)38/h2-4,7-11,13-17,19-21,30H,5-6,12,18,22H2,1H3,(H,37,38). The van der Waals surface area contributed by atoms with Crippen LogP contribution in [0.2, 0.25) is 0 Å². The third kappa shape index (κ3) is 4.61. The molecule has 3 heterocycles. The number of imidazole rings is 1. The van der Waals surface area contributed by atoms with Crippen LogP contribution in [0, 0.1) is 6.92 Å². The number of carbonyl (C=O) groups is 1. The Morgan fingerprint density at radius 2 is 1.66 bits per heavy atom. The molecule has 1 saturated heterocycles. The van der Waals surface area contributed by atoms with E-state index in [-0.39, 0.29) is 6.04 Å². The van der Waals surface area contributed by atoms with Gasteiger partial charge < -0.3 is 5.11 Å². The van der Waals surface area contributed by atoms with E-state index >= 15 is 0 Å². The largest absolute Gasteiger partial charge is 0.480 e. The molecule has 1 aliphatic rings. The second-order valence-corrected chi connectivity index (χ2v) is 10.1. The van der Waals surface area contributed by atoms with Crippen LogP contribution in [-0.4, -0.2) is 37.9 Å². The fourth-order valence-corrected chi connectivity index (χ4v) is 5.72. The lowest BCUT2D eigenvalue weighted by molar-refractivity contribution is -0.144. The number of aliphatic carboxylic acids is 1. The number of pyridine rings is 1. The predicted octanol–water partition coefficient (Wildman–Crippen LogP) is 7.08. The Balaban J connectivity index is 1.26. The minimum atomic E-state index is -0.714. The van der Waals surface area contributed by atoms with Crippen molar-refractivity contribution in [3.63, 3.8) is 0 Å². The second kappa shape index (κ2) is 10.3. The molecule has 1 unspecified atom stereocenters. The van der Waals surface area contributed by atoms with Crippen molar-refractivity contribution in [2.75, 3.05) is 6.54 Å². The Kier molecular flexibility index (Phi) is 6.52. The Hall–Kier alpha value is -4.22. The summed E-state index contributed by atoms with van der Waals surface area (Å²) in [6.45, 7) is 3.68. The van der Waals surface area contributed by atoms with Gasteiger partial charge in [0.2, 0.25) is 0 Å². The number of piperidine rings is 1. The second-order valence-electron chi connectivity index (χ2n) is 10.1. The fraction of sp³-hybridized carbons (Fsp3) is 0.212. The molecular weight excluding hydrogens is 470 g/mol. The summed E-state index contributed by atoms with van der Waals surface area (Å²) in [6.07, 6.45) is 6.79. The van der Waals surface area contributed by atoms with Crippen LogP contribution in [0.3, 0.4) is 0 Å². The molecule has 3 aromatic carbocycles. The smallest absolute Gasteiger partial charge is 0.320 e. The zero-order valence-electron chi connectivity index (χ0n) is 21.5. The number of rotatable bonds is 6. The number of aromatic nitrogens is 2. The molecule has 1 aliphatic heterocycles. The number of carboxylic acids is 1. The first-order chi connectivity index (χ1) is 18.6. The molecule has 0 saturated carbocycles. The summed E-state index contributed by atoms with van der Waals surface area (Å²) < 4.78 is 2.12. The summed E-state index contributed by atoms with van der Waals surface area (Å²) in [4.78, 5) is 18.5. The molecule has 1 atom stereocenters. The van der Waals surface area contributed by atoms with Gasteiger partial charge in [0.05, 0.1) is 11.9 Å². The van der Waals surface area contributed by atoms with E-state index in [1.165, 1.54) is 22.3 Å². The van der Waals surface area contributed by atoms with E-state index in [2.05, 4.69) is 101 Å². The lowest BCUT2D eigenvalue weighted by atomic mass is 9.93. The van der Waals surface area contributed by atoms with Crippen molar-refractivity contribution in [1.82, 2.24) is 14.3 Å². The van der Waals surface area contributed by atoms with Crippen LogP contribution in [0.25, 0.3) is 39.2 Å². The van der Waals surface area contributed by atoms with Gasteiger partial charge in [-0.25, -0.2) is 4.98 Å². The molecule has 0 bridgehead atoms. The maximum atomic E-state index is 11.7. The lowest BCUT2D eigenvalue weighted by Gasteiger charge is -2.32. The normalized spacial score (nSPS) is 16.1. The van der Waals surface area contributed by atoms with Crippen molar-refractivity contribution in [3.8, 4) is 33.5 Å². The summed E-state index contributed by atoms with van der Waals surface area (Å²) in [5.41, 5.74) is 10.2. The molecule has 6 rings (SSSR count). The van der Waals surface area contributed by atoms with Crippen LogP contribution in [0.15, 0.2) is 97.3 Å². The van der Waals surface area contributed by atoms with Crippen molar-refractivity contribution >= 4 is 11.6 Å². The van der Waals surface area contributed by atoms with E-state index in [9.17, 15) is 9.90 Å². The minimum Gasteiger partial charge on any atom is -0.480 e. The van der Waals surface area contributed by atoms with Crippen molar-refractivity contribution < 1.29 is 9.90 Å². The van der Waals surface area contributed by atoms with Gasteiger partial charge in [0.15, 0.2) is 0 Å². The van der Waals surface area contributed by atoms with Gasteiger partial charge >= 0.3 is 5.97 Å². The van der Waals surface area contributed by atoms with Crippen LogP contribution < -0.4 is 0 Å². The summed E-state index contributed by atoms with van der Waals surface area (Å²) in [5, 5.41) is 9.58. The van der Waals surface area contributed by atoms with Gasteiger partial charge in [-0.1, -0.05) is 79.2 Å². The molecule has 0 spiro atoms. The molecule has 2 aromatic heterocycles. The van der Waals surface area contributed by atoms with E-state index < -0.39 is 5.97 Å². The van der Waals surface area contributed by atoms with Crippen molar-refractivity contribution in [3.05, 3.63) is 108 Å². The average Bonchev–Trinajstić information content (AvgIpc) is 3.38. The molecule has 1 fully saturated rings. The Labute approximate surface area is 223 Å². The first-order valence-electron chi connectivity index (χ1n) is 13.3. The number of carboxylic acid groups (broad SMARTS) is 1. The van der Waals surface area contributed by atoms with Gasteiger partial charge in [-0.3, -0.25) is 14.1 Å². The van der Waals surface area contributed by atoms with E-state index in [0.717, 1.165) is 53.8 Å². The molecule has 190 valence electrons. The quantitative estimate of drug-likeness (QED) is 0.270. The van der Waals surface area contributed by atoms with E-state index in [0.29, 0.717) is 6.54 Å². The zero-order chi connectivity index (χ0) is 26.1. The highest BCUT2D eigenvalue weighted by atomic mass is 16.4. The number of fused-ring (bicyclic) bond motifs is 1. The lowest BCUT2D eigenvalue weighted by Crippen LogP contribution is -2.43. The molecule has 5 heteroatoms. The Bertz CT molecular complexity index is 1590. The summed E-state index contributed by atoms with van der Waals surface area (Å²) in [7, 11) is 0. The molecule has 0 amide bonds. The number of hydrogen-bond donors (Lipinski definition) is 1. The van der Waals surface area contributed by atoms with Crippen molar-refractivity contribution in [2.24, 2.45) is 0 Å². The predicted molar refractivity (Wildman–Crippen MR) is 152 cm³/mol. The number of hydrogen-bond acceptors (Lipinski definition) is 3. The Morgan fingerprint density at radius 1 is 0.895 bits per heavy atom. The van der Waals surface area contributed by atoms with Crippen LogP contribution in [0.4, 0.5) is 0 Å². The summed E-state index contributed by atoms with van der Waals surface area (Å²) in [5.74, 6) is -0.714. The first kappa shape index (κ1) is 24.1. The third-order valence-electron chi connectivity index (χ3n) is 7.78. The monoisotopic (exact) mass is 501 g/mol. The van der Waals surface area contributed by atoms with Gasteiger partial charge in [-0.05, 0) is 71.8 Å². The Morgan fingerprint density at radius 3 is 2.42 bits per heavy atom. The van der Waals surface area contributed by atoms with Crippen molar-refractivity contribution in [1.29, 1.82) is 0 Å². The first-order valence-corrected chi connectivity index (χ1v) is 13.3. The van der Waals surface area contributed by atoms with E-state index in [1.807, 2.05) is 12.3 Å². The molecule has 5 aromatic rings. The number of benzene rings is 3. The maximum Gasteiger partial charge on any atom is 0.320 e. The SMILES string of the molecule is Cc1c(-c2ccccc2)cccc1-c1ccn2c(-c3ccc(CN4CCCCC4C(=O)O)cc3)cnc2c1. The zero-order valence-corrected chi connectivity index (χ0v) is 21.5. The van der Waals surface area contributed by atoms with Crippen molar-refractivity contribution in [2.45, 2.75) is 38.8 Å². The highest BCUT2D eigenvalue weighted by molar-refractivity contribution is 5.80. The average molecular weight is 502 g/mol. The van der Waals surface area contributed by atoms with Gasteiger partial charge in [0, 0.05) is 18.3 Å². The van der Waals surface area contributed by atoms with Gasteiger partial charge in [0.25, 0.3) is 0 Å². The summed E-state index contributed by atoms with van der Waals surface area (Å²) in [6, 6.07) is 29.3. The molecule has 0 aliphatic carbocycles. The molecule has 0 radical (unpaired) electrons. The topological polar surface area (TPSA) is 57.8 Å². The third-order valence-corrected chi connectivity index (χ3v) is 7.78. The van der Waals surface area contributed by atoms with E-state index in [4.69, 9.17) is 4.98 Å². The highest BCUT2D eigenvalue weighted by Gasteiger charge is 2.28. The number of nitrogens with zero attached hydrogens (tertiary/aromatic N) is 3. The van der Waals surface area contributed by atoms with Gasteiger partial charge in [-0.15, -0.1) is 0 Å². The highest BCUT2D eigenvalue weighted by Crippen LogP contribution is 2.33. The van der Waals surface area contributed by atoms with Gasteiger partial charge in [-0.2, -0.15) is 0 Å². The fourth-order valence-electron chi connectivity index (χ4n) is 5.72. The van der Waals surface area contributed by atoms with Crippen LogP contribution >= 0.6 is 0 Å². The van der Waals surface area contributed by atoms with Crippen LogP contribution in [-0.2, 0) is 11.3 Å². The summed E-state index contributed by atoms with van der Waals surface area (Å²) >= 11 is 0. The maximum absolute atomic E-state index is 11.7. The van der Waals surface area contributed by atoms with E-state index in [1.54, 1.807) is 0 Å². The van der Waals surface area contributed by atoms with Crippen LogP contribution in [0.5, 0.6) is 0 Å². The van der Waals surface area contributed by atoms with Gasteiger partial charge in [0.1, 0.15) is 11.7 Å². The minimum absolute atomic E-state index is 0.381. The molecule has 38 heavy (non-hydrogen) atoms. The molecular formula is C33H31N3O2. The van der Waals surface area contributed by atoms with Crippen LogP contribution in [0.1, 0.15) is 30.4 Å². The number of likely N-dealkylation sites (tertiary alicyclic amines) is 1. The molecule has 5 nitrogen and oxygen atoms in total. The molecule has 1 N–H and O–H groups in total.